The summed E-state index contributed by atoms with van der Waals surface area (Å²) in [4.78, 5) is 28.1. The van der Waals surface area contributed by atoms with E-state index < -0.39 is 12.4 Å². The zero-order valence-electron chi connectivity index (χ0n) is 16.7. The van der Waals surface area contributed by atoms with E-state index >= 15 is 0 Å². The number of ether oxygens (including phenoxy) is 3. The Labute approximate surface area is 170 Å². The van der Waals surface area contributed by atoms with Crippen LogP contribution in [0, 0.1) is 0 Å². The predicted octanol–water partition coefficient (Wildman–Crippen LogP) is 4.50. The smallest absolute Gasteiger partial charge is 0.293 e. The van der Waals surface area contributed by atoms with Crippen molar-refractivity contribution in [2.45, 2.75) is 39.1 Å². The van der Waals surface area contributed by atoms with Gasteiger partial charge in [-0.2, -0.15) is 0 Å². The number of hydrogen-bond acceptors (Lipinski definition) is 6. The second kappa shape index (κ2) is 10.1. The molecular formula is C23H25NO5. The van der Waals surface area contributed by atoms with Crippen molar-refractivity contribution < 1.29 is 23.8 Å². The fraction of sp³-hybridized carbons (Fsp3) is 0.348. The van der Waals surface area contributed by atoms with Crippen molar-refractivity contribution in [1.29, 1.82) is 0 Å². The van der Waals surface area contributed by atoms with Crippen molar-refractivity contribution in [2.24, 2.45) is 4.99 Å². The molecule has 1 aliphatic heterocycles. The average molecular weight is 395 g/mol. The Bertz CT molecular complexity index is 887. The summed E-state index contributed by atoms with van der Waals surface area (Å²) in [5.41, 5.74) is 3.64. The van der Waals surface area contributed by atoms with E-state index in [1.807, 2.05) is 56.3 Å². The topological polar surface area (TPSA) is 74.2 Å². The summed E-state index contributed by atoms with van der Waals surface area (Å²) in [6.45, 7) is 5.20. The Kier molecular flexibility index (Phi) is 7.27. The Balaban J connectivity index is 1.99. The van der Waals surface area contributed by atoms with E-state index in [0.717, 1.165) is 16.7 Å². The van der Waals surface area contributed by atoms with Gasteiger partial charge >= 0.3 is 0 Å². The van der Waals surface area contributed by atoms with Gasteiger partial charge in [-0.15, -0.1) is 0 Å². The van der Waals surface area contributed by atoms with Gasteiger partial charge in [-0.3, -0.25) is 14.6 Å². The van der Waals surface area contributed by atoms with E-state index in [1.54, 1.807) is 6.21 Å². The van der Waals surface area contributed by atoms with E-state index in [2.05, 4.69) is 4.99 Å². The lowest BCUT2D eigenvalue weighted by Crippen LogP contribution is -2.17. The number of nitrogens with zero attached hydrogens (tertiary/aromatic N) is 1. The molecule has 1 atom stereocenters. The van der Waals surface area contributed by atoms with E-state index in [1.165, 1.54) is 0 Å². The van der Waals surface area contributed by atoms with Crippen molar-refractivity contribution >= 4 is 24.2 Å². The fourth-order valence-corrected chi connectivity index (χ4v) is 3.56. The Morgan fingerprint density at radius 2 is 1.76 bits per heavy atom. The second-order valence-corrected chi connectivity index (χ2v) is 6.55. The van der Waals surface area contributed by atoms with E-state index in [0.29, 0.717) is 37.4 Å². The molecule has 6 heteroatoms. The number of ketones is 1. The second-order valence-electron chi connectivity index (χ2n) is 6.55. The first-order valence-electron chi connectivity index (χ1n) is 9.78. The summed E-state index contributed by atoms with van der Waals surface area (Å²) in [6, 6.07) is 13.1. The molecule has 6 nitrogen and oxygen atoms in total. The molecule has 3 rings (SSSR count). The quantitative estimate of drug-likeness (QED) is 0.437. The molecule has 0 spiro atoms. The molecule has 0 bridgehead atoms. The maximum atomic E-state index is 12.5. The van der Waals surface area contributed by atoms with Gasteiger partial charge in [0.1, 0.15) is 6.10 Å². The summed E-state index contributed by atoms with van der Waals surface area (Å²) in [5.74, 6) is 0.0187. The van der Waals surface area contributed by atoms with Crippen molar-refractivity contribution in [3.8, 4) is 0 Å². The first-order chi connectivity index (χ1) is 14.2. The van der Waals surface area contributed by atoms with Gasteiger partial charge in [0.2, 0.25) is 0 Å². The molecule has 2 aromatic carbocycles. The SMILES string of the molecule is CCOC(OCC)c1ccccc1C(Cc1cccc2c1C(=O)CC=N2)OC=O. The number of carbonyl (C=O) groups excluding carboxylic acids is 2. The fourth-order valence-electron chi connectivity index (χ4n) is 3.56. The normalized spacial score (nSPS) is 14.0. The maximum Gasteiger partial charge on any atom is 0.293 e. The maximum absolute atomic E-state index is 12.5. The third-order valence-corrected chi connectivity index (χ3v) is 4.77. The van der Waals surface area contributed by atoms with Crippen LogP contribution in [0.3, 0.4) is 0 Å². The largest absolute Gasteiger partial charge is 0.459 e. The summed E-state index contributed by atoms with van der Waals surface area (Å²) in [7, 11) is 0. The first-order valence-corrected chi connectivity index (χ1v) is 9.78. The van der Waals surface area contributed by atoms with E-state index in [9.17, 15) is 9.59 Å². The Morgan fingerprint density at radius 3 is 2.45 bits per heavy atom. The number of carbonyl (C=O) groups is 2. The highest BCUT2D eigenvalue weighted by Gasteiger charge is 2.26. The lowest BCUT2D eigenvalue weighted by Gasteiger charge is -2.25. The van der Waals surface area contributed by atoms with Gasteiger partial charge in [-0.25, -0.2) is 0 Å². The van der Waals surface area contributed by atoms with Crippen molar-refractivity contribution in [1.82, 2.24) is 0 Å². The number of benzene rings is 2. The summed E-state index contributed by atoms with van der Waals surface area (Å²) >= 11 is 0. The van der Waals surface area contributed by atoms with Gasteiger partial charge < -0.3 is 14.2 Å². The van der Waals surface area contributed by atoms with Gasteiger partial charge in [-0.05, 0) is 25.5 Å². The molecule has 1 aliphatic rings. The van der Waals surface area contributed by atoms with Crippen LogP contribution >= 0.6 is 0 Å². The number of aliphatic imine (C=N–C) groups is 1. The van der Waals surface area contributed by atoms with Crippen LogP contribution in [0.25, 0.3) is 0 Å². The molecule has 0 radical (unpaired) electrons. The summed E-state index contributed by atoms with van der Waals surface area (Å²) < 4.78 is 17.0. The van der Waals surface area contributed by atoms with Crippen LogP contribution in [-0.4, -0.2) is 31.7 Å². The van der Waals surface area contributed by atoms with Crippen LogP contribution < -0.4 is 0 Å². The number of hydrogen-bond donors (Lipinski definition) is 0. The van der Waals surface area contributed by atoms with Gasteiger partial charge in [-0.1, -0.05) is 36.4 Å². The molecule has 0 saturated carbocycles. The van der Waals surface area contributed by atoms with Gasteiger partial charge in [0.25, 0.3) is 6.47 Å². The zero-order chi connectivity index (χ0) is 20.6. The molecule has 0 amide bonds. The minimum absolute atomic E-state index is 0.0187. The van der Waals surface area contributed by atoms with Crippen LogP contribution in [0.2, 0.25) is 0 Å². The number of Topliss-reactive ketones (excluding diaryl/α,β-unsaturated/α-hetero) is 1. The Morgan fingerprint density at radius 1 is 1.03 bits per heavy atom. The molecule has 0 saturated heterocycles. The van der Waals surface area contributed by atoms with Crippen LogP contribution in [0.15, 0.2) is 47.5 Å². The molecule has 152 valence electrons. The number of rotatable bonds is 10. The van der Waals surface area contributed by atoms with Gasteiger partial charge in [0.15, 0.2) is 12.1 Å². The van der Waals surface area contributed by atoms with Gasteiger partial charge in [0, 0.05) is 49.0 Å². The zero-order valence-corrected chi connectivity index (χ0v) is 16.7. The first kappa shape index (κ1) is 20.9. The van der Waals surface area contributed by atoms with Crippen LogP contribution in [0.1, 0.15) is 59.7 Å². The lowest BCUT2D eigenvalue weighted by molar-refractivity contribution is -0.143. The predicted molar refractivity (Wildman–Crippen MR) is 110 cm³/mol. The lowest BCUT2D eigenvalue weighted by atomic mass is 9.91. The third kappa shape index (κ3) is 4.78. The van der Waals surface area contributed by atoms with Crippen molar-refractivity contribution in [3.05, 3.63) is 64.7 Å². The molecule has 0 aromatic heterocycles. The summed E-state index contributed by atoms with van der Waals surface area (Å²) in [6.07, 6.45) is 1.10. The van der Waals surface area contributed by atoms with E-state index in [-0.39, 0.29) is 12.2 Å². The van der Waals surface area contributed by atoms with Gasteiger partial charge in [0.05, 0.1) is 5.69 Å². The Hall–Kier alpha value is -2.83. The van der Waals surface area contributed by atoms with E-state index in [4.69, 9.17) is 14.2 Å². The summed E-state index contributed by atoms with van der Waals surface area (Å²) in [5, 5.41) is 0. The number of fused-ring (bicyclic) bond motifs is 1. The van der Waals surface area contributed by atoms with Crippen LogP contribution in [0.5, 0.6) is 0 Å². The molecule has 1 heterocycles. The average Bonchev–Trinajstić information content (AvgIpc) is 2.73. The van der Waals surface area contributed by atoms with Crippen LogP contribution in [0.4, 0.5) is 5.69 Å². The molecule has 0 fully saturated rings. The molecule has 0 N–H and O–H groups in total. The highest BCUT2D eigenvalue weighted by molar-refractivity contribution is 6.10. The molecule has 1 unspecified atom stereocenters. The molecule has 0 aliphatic carbocycles. The molecule has 2 aromatic rings. The third-order valence-electron chi connectivity index (χ3n) is 4.77. The highest BCUT2D eigenvalue weighted by Crippen LogP contribution is 2.34. The standard InChI is InChI=1S/C23H25NO5/c1-3-27-23(28-4-2)18-10-6-5-9-17(18)21(29-15-25)14-16-8-7-11-19-22(16)20(26)12-13-24-19/h5-11,13,15,21,23H,3-4,12,14H2,1-2H3. The van der Waals surface area contributed by atoms with Crippen LogP contribution in [-0.2, 0) is 25.4 Å². The minimum Gasteiger partial charge on any atom is -0.459 e. The van der Waals surface area contributed by atoms with Crippen molar-refractivity contribution in [3.63, 3.8) is 0 Å². The molecule has 29 heavy (non-hydrogen) atoms. The molecular weight excluding hydrogens is 370 g/mol. The monoisotopic (exact) mass is 395 g/mol. The minimum atomic E-state index is -0.586. The highest BCUT2D eigenvalue weighted by atomic mass is 16.7. The van der Waals surface area contributed by atoms with Crippen molar-refractivity contribution in [2.75, 3.05) is 13.2 Å².